The van der Waals surface area contributed by atoms with E-state index >= 15 is 0 Å². The van der Waals surface area contributed by atoms with Crippen molar-refractivity contribution in [2.45, 2.75) is 39.5 Å². The van der Waals surface area contributed by atoms with Crippen LogP contribution in [0.3, 0.4) is 0 Å². The van der Waals surface area contributed by atoms with Crippen molar-refractivity contribution < 1.29 is 9.90 Å². The molecule has 0 saturated carbocycles. The lowest BCUT2D eigenvalue weighted by Gasteiger charge is -2.01. The second kappa shape index (κ2) is 8.57. The van der Waals surface area contributed by atoms with Gasteiger partial charge in [-0.05, 0) is 39.5 Å². The third kappa shape index (κ3) is 8.26. The van der Waals surface area contributed by atoms with Crippen molar-refractivity contribution in [1.82, 2.24) is 0 Å². The van der Waals surface area contributed by atoms with Crippen molar-refractivity contribution in [3.8, 4) is 0 Å². The van der Waals surface area contributed by atoms with Crippen LogP contribution in [0.1, 0.15) is 39.5 Å². The second-order valence-corrected chi connectivity index (χ2v) is 4.26. The van der Waals surface area contributed by atoms with Crippen LogP contribution in [0.25, 0.3) is 0 Å². The minimum atomic E-state index is -0.823. The lowest BCUT2D eigenvalue weighted by molar-refractivity contribution is -0.132. The van der Waals surface area contributed by atoms with E-state index < -0.39 is 5.97 Å². The first-order valence-electron chi connectivity index (χ1n) is 5.83. The summed E-state index contributed by atoms with van der Waals surface area (Å²) in [7, 11) is 0. The van der Waals surface area contributed by atoms with Crippen molar-refractivity contribution in [3.63, 3.8) is 0 Å². The number of rotatable bonds is 8. The predicted molar refractivity (Wildman–Crippen MR) is 73.0 cm³/mol. The molecule has 2 nitrogen and oxygen atoms in total. The van der Waals surface area contributed by atoms with Gasteiger partial charge in [0.2, 0.25) is 0 Å². The molecule has 0 spiro atoms. The van der Waals surface area contributed by atoms with Crippen LogP contribution >= 0.6 is 0 Å². The normalized spacial score (nSPS) is 10.8. The molecular formula is C15H22O2. The molecule has 0 aliphatic carbocycles. The fourth-order valence-corrected chi connectivity index (χ4v) is 1.35. The first-order chi connectivity index (χ1) is 7.97. The number of carboxylic acid groups (broad SMARTS) is 1. The molecule has 0 aromatic carbocycles. The predicted octanol–water partition coefficient (Wildman–Crippen LogP) is 4.27. The molecule has 1 N–H and O–H groups in total. The lowest BCUT2D eigenvalue weighted by Crippen LogP contribution is -2.00. The smallest absolute Gasteiger partial charge is 0.331 e. The number of carboxylic acids is 1. The average molecular weight is 234 g/mol. The summed E-state index contributed by atoms with van der Waals surface area (Å²) < 4.78 is 0. The van der Waals surface area contributed by atoms with Crippen LogP contribution < -0.4 is 0 Å². The zero-order valence-corrected chi connectivity index (χ0v) is 10.8. The molecule has 0 bridgehead atoms. The molecule has 17 heavy (non-hydrogen) atoms. The second-order valence-electron chi connectivity index (χ2n) is 4.26. The molecule has 0 saturated heterocycles. The third-order valence-electron chi connectivity index (χ3n) is 2.39. The Morgan fingerprint density at radius 3 is 2.24 bits per heavy atom. The van der Waals surface area contributed by atoms with Crippen molar-refractivity contribution >= 4 is 5.97 Å². The standard InChI is InChI=1S/C15H22O2/c1-5-13(4)9-7-11-14(15(16)17)10-6-8-12(2)3/h5,8,11H,1,4,6-7,9-10H2,2-3H3,(H,16,17)/b14-11-. The Hall–Kier alpha value is -1.57. The van der Waals surface area contributed by atoms with Crippen LogP contribution in [-0.2, 0) is 4.79 Å². The maximum absolute atomic E-state index is 11.0. The van der Waals surface area contributed by atoms with Crippen molar-refractivity contribution in [3.05, 3.63) is 48.1 Å². The highest BCUT2D eigenvalue weighted by atomic mass is 16.4. The molecule has 94 valence electrons. The average Bonchev–Trinajstić information content (AvgIpc) is 2.25. The molecule has 0 aliphatic rings. The maximum atomic E-state index is 11.0. The molecule has 0 heterocycles. The highest BCUT2D eigenvalue weighted by Gasteiger charge is 2.05. The van der Waals surface area contributed by atoms with E-state index in [1.54, 1.807) is 12.2 Å². The first-order valence-corrected chi connectivity index (χ1v) is 5.83. The van der Waals surface area contributed by atoms with Gasteiger partial charge in [0.1, 0.15) is 0 Å². The van der Waals surface area contributed by atoms with E-state index in [0.717, 1.165) is 18.4 Å². The van der Waals surface area contributed by atoms with E-state index in [1.807, 2.05) is 13.8 Å². The Morgan fingerprint density at radius 1 is 1.18 bits per heavy atom. The van der Waals surface area contributed by atoms with E-state index in [2.05, 4.69) is 19.2 Å². The summed E-state index contributed by atoms with van der Waals surface area (Å²) in [5, 5.41) is 9.03. The van der Waals surface area contributed by atoms with Gasteiger partial charge in [-0.25, -0.2) is 4.79 Å². The lowest BCUT2D eigenvalue weighted by atomic mass is 10.1. The summed E-state index contributed by atoms with van der Waals surface area (Å²) in [4.78, 5) is 11.0. The van der Waals surface area contributed by atoms with Gasteiger partial charge >= 0.3 is 5.97 Å². The van der Waals surface area contributed by atoms with Gasteiger partial charge in [-0.2, -0.15) is 0 Å². The van der Waals surface area contributed by atoms with Gasteiger partial charge in [0.25, 0.3) is 0 Å². The largest absolute Gasteiger partial charge is 0.478 e. The van der Waals surface area contributed by atoms with Crippen molar-refractivity contribution in [2.75, 3.05) is 0 Å². The molecule has 0 unspecified atom stereocenters. The summed E-state index contributed by atoms with van der Waals surface area (Å²) >= 11 is 0. The van der Waals surface area contributed by atoms with E-state index in [0.29, 0.717) is 18.4 Å². The van der Waals surface area contributed by atoms with Gasteiger partial charge < -0.3 is 5.11 Å². The molecule has 0 radical (unpaired) electrons. The van der Waals surface area contributed by atoms with Crippen LogP contribution in [0.2, 0.25) is 0 Å². The summed E-state index contributed by atoms with van der Waals surface area (Å²) in [6.07, 6.45) is 8.39. The molecule has 0 rings (SSSR count). The third-order valence-corrected chi connectivity index (χ3v) is 2.39. The summed E-state index contributed by atoms with van der Waals surface area (Å²) in [5.41, 5.74) is 2.64. The minimum Gasteiger partial charge on any atom is -0.478 e. The summed E-state index contributed by atoms with van der Waals surface area (Å²) in [6.45, 7) is 11.4. The Morgan fingerprint density at radius 2 is 1.76 bits per heavy atom. The fourth-order valence-electron chi connectivity index (χ4n) is 1.35. The quantitative estimate of drug-likeness (QED) is 0.387. The van der Waals surface area contributed by atoms with Gasteiger partial charge in [0, 0.05) is 5.57 Å². The van der Waals surface area contributed by atoms with Crippen LogP contribution in [0.5, 0.6) is 0 Å². The number of hydrogen-bond acceptors (Lipinski definition) is 1. The van der Waals surface area contributed by atoms with E-state index in [4.69, 9.17) is 5.11 Å². The molecule has 0 aliphatic heterocycles. The van der Waals surface area contributed by atoms with Crippen molar-refractivity contribution in [2.24, 2.45) is 0 Å². The van der Waals surface area contributed by atoms with Gasteiger partial charge in [0.15, 0.2) is 0 Å². The van der Waals surface area contributed by atoms with Gasteiger partial charge in [-0.15, -0.1) is 0 Å². The highest BCUT2D eigenvalue weighted by molar-refractivity contribution is 5.86. The number of carbonyl (C=O) groups is 1. The van der Waals surface area contributed by atoms with Crippen LogP contribution in [0.15, 0.2) is 48.1 Å². The van der Waals surface area contributed by atoms with Crippen LogP contribution in [0, 0.1) is 0 Å². The summed E-state index contributed by atoms with van der Waals surface area (Å²) in [5.74, 6) is -0.823. The fraction of sp³-hybridized carbons (Fsp3) is 0.400. The Balaban J connectivity index is 4.27. The summed E-state index contributed by atoms with van der Waals surface area (Å²) in [6, 6.07) is 0. The Labute approximate surface area is 104 Å². The molecule has 0 fully saturated rings. The van der Waals surface area contributed by atoms with Gasteiger partial charge in [-0.1, -0.05) is 42.5 Å². The maximum Gasteiger partial charge on any atom is 0.331 e. The molecule has 2 heteroatoms. The zero-order valence-electron chi connectivity index (χ0n) is 10.8. The molecule has 0 aromatic heterocycles. The van der Waals surface area contributed by atoms with Crippen LogP contribution in [-0.4, -0.2) is 11.1 Å². The molecule has 0 atom stereocenters. The monoisotopic (exact) mass is 234 g/mol. The molecule has 0 amide bonds. The van der Waals surface area contributed by atoms with Crippen LogP contribution in [0.4, 0.5) is 0 Å². The number of aliphatic carboxylic acids is 1. The van der Waals surface area contributed by atoms with Crippen molar-refractivity contribution in [1.29, 1.82) is 0 Å². The number of hydrogen-bond donors (Lipinski definition) is 1. The zero-order chi connectivity index (χ0) is 13.3. The van der Waals surface area contributed by atoms with Gasteiger partial charge in [0.05, 0.1) is 0 Å². The SMILES string of the molecule is C=CC(=C)CC/C=C(/CCC=C(C)C)C(=O)O. The van der Waals surface area contributed by atoms with E-state index in [1.165, 1.54) is 5.57 Å². The number of allylic oxidation sites excluding steroid dienone is 5. The topological polar surface area (TPSA) is 37.3 Å². The molecular weight excluding hydrogens is 212 g/mol. The first kappa shape index (κ1) is 15.4. The van der Waals surface area contributed by atoms with Gasteiger partial charge in [-0.3, -0.25) is 0 Å². The Bertz CT molecular complexity index is 342. The molecule has 0 aromatic rings. The van der Waals surface area contributed by atoms with E-state index in [9.17, 15) is 4.79 Å². The Kier molecular flexibility index (Phi) is 7.78. The minimum absolute atomic E-state index is 0.486. The highest BCUT2D eigenvalue weighted by Crippen LogP contribution is 2.12. The van der Waals surface area contributed by atoms with E-state index in [-0.39, 0.29) is 0 Å².